The SMILES string of the molecule is CC(C)(C)OC(=O)NC(CCCOCCCc1ccc2c(n1)CCCC2)C(=O)O. The minimum atomic E-state index is -1.07. The summed E-state index contributed by atoms with van der Waals surface area (Å²) in [5.41, 5.74) is 3.10. The molecule has 0 aromatic carbocycles. The van der Waals surface area contributed by atoms with Crippen molar-refractivity contribution in [3.05, 3.63) is 29.1 Å². The second-order valence-corrected chi connectivity index (χ2v) is 8.51. The Kier molecular flexibility index (Phi) is 8.89. The first-order valence-corrected chi connectivity index (χ1v) is 10.5. The summed E-state index contributed by atoms with van der Waals surface area (Å²) in [6.07, 6.45) is 6.60. The molecule has 162 valence electrons. The van der Waals surface area contributed by atoms with E-state index in [1.165, 1.54) is 24.1 Å². The van der Waals surface area contributed by atoms with E-state index in [1.807, 2.05) is 0 Å². The average molecular weight is 407 g/mol. The first-order valence-electron chi connectivity index (χ1n) is 10.5. The van der Waals surface area contributed by atoms with Crippen LogP contribution in [0.25, 0.3) is 0 Å². The maximum atomic E-state index is 11.7. The number of fused-ring (bicyclic) bond motifs is 1. The Morgan fingerprint density at radius 2 is 1.90 bits per heavy atom. The highest BCUT2D eigenvalue weighted by atomic mass is 16.6. The maximum absolute atomic E-state index is 11.7. The number of nitrogens with one attached hydrogen (secondary N) is 1. The molecule has 0 bridgehead atoms. The molecule has 1 atom stereocenters. The quantitative estimate of drug-likeness (QED) is 0.576. The number of carbonyl (C=O) groups excluding carboxylic acids is 1. The van der Waals surface area contributed by atoms with Gasteiger partial charge in [0.1, 0.15) is 11.6 Å². The Labute approximate surface area is 173 Å². The van der Waals surface area contributed by atoms with Crippen LogP contribution in [0.4, 0.5) is 4.79 Å². The van der Waals surface area contributed by atoms with Gasteiger partial charge in [0.05, 0.1) is 0 Å². The number of rotatable bonds is 10. The second kappa shape index (κ2) is 11.1. The van der Waals surface area contributed by atoms with E-state index in [4.69, 9.17) is 14.5 Å². The number of carbonyl (C=O) groups is 2. The van der Waals surface area contributed by atoms with E-state index in [-0.39, 0.29) is 0 Å². The lowest BCUT2D eigenvalue weighted by molar-refractivity contribution is -0.139. The summed E-state index contributed by atoms with van der Waals surface area (Å²) in [5, 5.41) is 11.7. The van der Waals surface area contributed by atoms with Crippen molar-refractivity contribution in [2.75, 3.05) is 13.2 Å². The molecule has 0 radical (unpaired) electrons. The third-order valence-electron chi connectivity index (χ3n) is 4.73. The minimum absolute atomic E-state index is 0.293. The number of alkyl carbamates (subject to hydrolysis) is 1. The molecule has 1 aromatic heterocycles. The zero-order valence-corrected chi connectivity index (χ0v) is 17.8. The van der Waals surface area contributed by atoms with Crippen LogP contribution >= 0.6 is 0 Å². The van der Waals surface area contributed by atoms with Crippen molar-refractivity contribution in [2.45, 2.75) is 83.8 Å². The normalized spacial score (nSPS) is 14.7. The van der Waals surface area contributed by atoms with E-state index >= 15 is 0 Å². The number of amides is 1. The molecule has 1 aliphatic carbocycles. The smallest absolute Gasteiger partial charge is 0.408 e. The average Bonchev–Trinajstić information content (AvgIpc) is 2.64. The Morgan fingerprint density at radius 1 is 1.17 bits per heavy atom. The molecule has 7 nitrogen and oxygen atoms in total. The van der Waals surface area contributed by atoms with E-state index < -0.39 is 23.7 Å². The lowest BCUT2D eigenvalue weighted by atomic mass is 9.95. The van der Waals surface area contributed by atoms with Crippen LogP contribution in [0.2, 0.25) is 0 Å². The molecule has 29 heavy (non-hydrogen) atoms. The minimum Gasteiger partial charge on any atom is -0.480 e. The molecule has 0 spiro atoms. The van der Waals surface area contributed by atoms with Crippen molar-refractivity contribution in [3.63, 3.8) is 0 Å². The van der Waals surface area contributed by atoms with Gasteiger partial charge in [-0.3, -0.25) is 4.98 Å². The zero-order chi connectivity index (χ0) is 21.3. The molecule has 2 N–H and O–H groups in total. The summed E-state index contributed by atoms with van der Waals surface area (Å²) >= 11 is 0. The van der Waals surface area contributed by atoms with Gasteiger partial charge in [0.2, 0.25) is 0 Å². The van der Waals surface area contributed by atoms with Crippen molar-refractivity contribution >= 4 is 12.1 Å². The molecule has 0 aliphatic heterocycles. The van der Waals surface area contributed by atoms with Gasteiger partial charge in [-0.05, 0) is 83.8 Å². The molecule has 1 aromatic rings. The van der Waals surface area contributed by atoms with Gasteiger partial charge in [-0.1, -0.05) is 6.07 Å². The van der Waals surface area contributed by atoms with Gasteiger partial charge in [-0.2, -0.15) is 0 Å². The van der Waals surface area contributed by atoms with Crippen LogP contribution in [-0.2, 0) is 33.5 Å². The first kappa shape index (κ1) is 23.1. The number of carboxylic acids is 1. The number of aromatic nitrogens is 1. The lowest BCUT2D eigenvalue weighted by Gasteiger charge is -2.22. The molecule has 7 heteroatoms. The van der Waals surface area contributed by atoms with E-state index in [9.17, 15) is 14.7 Å². The van der Waals surface area contributed by atoms with Crippen LogP contribution in [0.1, 0.15) is 69.8 Å². The molecule has 1 aliphatic rings. The van der Waals surface area contributed by atoms with Gasteiger partial charge in [0.15, 0.2) is 0 Å². The van der Waals surface area contributed by atoms with E-state index in [0.717, 1.165) is 31.4 Å². The summed E-state index contributed by atoms with van der Waals surface area (Å²) in [7, 11) is 0. The number of pyridine rings is 1. The number of aryl methyl sites for hydroxylation is 3. The third-order valence-corrected chi connectivity index (χ3v) is 4.73. The third kappa shape index (κ3) is 8.81. The molecular formula is C22H34N2O5. The highest BCUT2D eigenvalue weighted by Crippen LogP contribution is 2.20. The Hall–Kier alpha value is -2.15. The van der Waals surface area contributed by atoms with Gasteiger partial charge in [0, 0.05) is 24.6 Å². The van der Waals surface area contributed by atoms with E-state index in [0.29, 0.717) is 26.1 Å². The van der Waals surface area contributed by atoms with E-state index in [1.54, 1.807) is 20.8 Å². The summed E-state index contributed by atoms with van der Waals surface area (Å²) in [5.74, 6) is -1.07. The summed E-state index contributed by atoms with van der Waals surface area (Å²) in [4.78, 5) is 27.8. The van der Waals surface area contributed by atoms with Gasteiger partial charge < -0.3 is 19.9 Å². The second-order valence-electron chi connectivity index (χ2n) is 8.51. The lowest BCUT2D eigenvalue weighted by Crippen LogP contribution is -2.43. The number of ether oxygens (including phenoxy) is 2. The predicted molar refractivity (Wildman–Crippen MR) is 110 cm³/mol. The highest BCUT2D eigenvalue weighted by Gasteiger charge is 2.23. The Balaban J connectivity index is 1.60. The summed E-state index contributed by atoms with van der Waals surface area (Å²) in [6, 6.07) is 3.35. The fraction of sp³-hybridized carbons (Fsp3) is 0.682. The Bertz CT molecular complexity index is 684. The summed E-state index contributed by atoms with van der Waals surface area (Å²) in [6.45, 7) is 6.26. The number of hydrogen-bond acceptors (Lipinski definition) is 5. The molecule has 0 saturated heterocycles. The van der Waals surface area contributed by atoms with Crippen LogP contribution in [0.15, 0.2) is 12.1 Å². The van der Waals surface area contributed by atoms with Crippen molar-refractivity contribution in [2.24, 2.45) is 0 Å². The van der Waals surface area contributed by atoms with Crippen LogP contribution < -0.4 is 5.32 Å². The van der Waals surface area contributed by atoms with Crippen molar-refractivity contribution in [3.8, 4) is 0 Å². The topological polar surface area (TPSA) is 97.8 Å². The van der Waals surface area contributed by atoms with Gasteiger partial charge in [0.25, 0.3) is 0 Å². The van der Waals surface area contributed by atoms with Crippen LogP contribution in [0.3, 0.4) is 0 Å². The maximum Gasteiger partial charge on any atom is 0.408 e. The van der Waals surface area contributed by atoms with Gasteiger partial charge in [-0.25, -0.2) is 9.59 Å². The predicted octanol–water partition coefficient (Wildman–Crippen LogP) is 3.67. The standard InChI is InChI=1S/C22H34N2O5/c1-22(2,3)29-21(27)24-19(20(25)26)11-7-15-28-14-6-9-17-13-12-16-8-4-5-10-18(16)23-17/h12-13,19H,4-11,14-15H2,1-3H3,(H,24,27)(H,25,26). The van der Waals surface area contributed by atoms with Crippen molar-refractivity contribution in [1.29, 1.82) is 0 Å². The number of hydrogen-bond donors (Lipinski definition) is 2. The highest BCUT2D eigenvalue weighted by molar-refractivity contribution is 5.79. The molecular weight excluding hydrogens is 372 g/mol. The summed E-state index contributed by atoms with van der Waals surface area (Å²) < 4.78 is 10.7. The molecule has 1 heterocycles. The Morgan fingerprint density at radius 3 is 2.62 bits per heavy atom. The van der Waals surface area contributed by atoms with E-state index in [2.05, 4.69) is 17.4 Å². The molecule has 0 fully saturated rings. The fourth-order valence-electron chi connectivity index (χ4n) is 3.32. The molecule has 1 amide bonds. The van der Waals surface area contributed by atoms with Gasteiger partial charge in [-0.15, -0.1) is 0 Å². The number of aliphatic carboxylic acids is 1. The number of nitrogens with zero attached hydrogens (tertiary/aromatic N) is 1. The van der Waals surface area contributed by atoms with Crippen molar-refractivity contribution < 1.29 is 24.2 Å². The molecule has 2 rings (SSSR count). The first-order chi connectivity index (χ1) is 13.7. The zero-order valence-electron chi connectivity index (χ0n) is 17.8. The number of carboxylic acid groups (broad SMARTS) is 1. The molecule has 0 saturated carbocycles. The van der Waals surface area contributed by atoms with Crippen molar-refractivity contribution in [1.82, 2.24) is 10.3 Å². The van der Waals surface area contributed by atoms with Gasteiger partial charge >= 0.3 is 12.1 Å². The fourth-order valence-corrected chi connectivity index (χ4v) is 3.32. The largest absolute Gasteiger partial charge is 0.480 e. The monoisotopic (exact) mass is 406 g/mol. The van der Waals surface area contributed by atoms with Crippen LogP contribution in [0, 0.1) is 0 Å². The van der Waals surface area contributed by atoms with Crippen LogP contribution in [0.5, 0.6) is 0 Å². The van der Waals surface area contributed by atoms with Crippen LogP contribution in [-0.4, -0.2) is 47.0 Å². The molecule has 1 unspecified atom stereocenters.